The lowest BCUT2D eigenvalue weighted by Crippen LogP contribution is -2.26. The molecular weight excluding hydrogens is 338 g/mol. The maximum Gasteiger partial charge on any atom is 0.313 e. The number of carbonyl (C=O) groups excluding carboxylic acids is 1. The lowest BCUT2D eigenvalue weighted by Gasteiger charge is -2.22. The molecule has 1 aromatic carbocycles. The molecular formula is C23H31NO3. The van der Waals surface area contributed by atoms with E-state index in [4.69, 9.17) is 9.47 Å². The standard InChI is InChI=1S/C23H31NO3/c1-7-26-17(3)21-13-10-19(15-24-21)14-18-8-11-20(12-9-18)16(2)22(25)27-23(4,5)6/h8-13,15-17H,7,14H2,1-6H3. The van der Waals surface area contributed by atoms with E-state index in [0.717, 1.165) is 23.2 Å². The summed E-state index contributed by atoms with van der Waals surface area (Å²) in [5.74, 6) is -0.474. The normalized spacial score (nSPS) is 13.9. The maximum atomic E-state index is 12.2. The minimum atomic E-state index is -0.468. The summed E-state index contributed by atoms with van der Waals surface area (Å²) in [6.07, 6.45) is 2.72. The summed E-state index contributed by atoms with van der Waals surface area (Å²) < 4.78 is 11.0. The largest absolute Gasteiger partial charge is 0.460 e. The van der Waals surface area contributed by atoms with Gasteiger partial charge in [0.15, 0.2) is 0 Å². The van der Waals surface area contributed by atoms with Gasteiger partial charge in [-0.25, -0.2) is 0 Å². The summed E-state index contributed by atoms with van der Waals surface area (Å²) in [6, 6.07) is 12.2. The van der Waals surface area contributed by atoms with Crippen LogP contribution in [0.5, 0.6) is 0 Å². The Morgan fingerprint density at radius 2 is 1.67 bits per heavy atom. The van der Waals surface area contributed by atoms with Gasteiger partial charge < -0.3 is 9.47 Å². The van der Waals surface area contributed by atoms with E-state index in [-0.39, 0.29) is 18.0 Å². The van der Waals surface area contributed by atoms with E-state index < -0.39 is 5.60 Å². The lowest BCUT2D eigenvalue weighted by atomic mass is 9.97. The molecule has 0 spiro atoms. The molecule has 4 heteroatoms. The van der Waals surface area contributed by atoms with Gasteiger partial charge in [0.1, 0.15) is 5.60 Å². The summed E-state index contributed by atoms with van der Waals surface area (Å²) in [6.45, 7) is 12.2. The van der Waals surface area contributed by atoms with Crippen LogP contribution in [0.15, 0.2) is 42.6 Å². The van der Waals surface area contributed by atoms with Crippen molar-refractivity contribution in [3.63, 3.8) is 0 Å². The van der Waals surface area contributed by atoms with Crippen LogP contribution in [0, 0.1) is 0 Å². The molecule has 2 unspecified atom stereocenters. The van der Waals surface area contributed by atoms with Crippen LogP contribution in [0.3, 0.4) is 0 Å². The molecule has 27 heavy (non-hydrogen) atoms. The molecule has 2 rings (SSSR count). The van der Waals surface area contributed by atoms with E-state index in [1.54, 1.807) is 0 Å². The zero-order chi connectivity index (χ0) is 20.0. The van der Waals surface area contributed by atoms with Gasteiger partial charge in [0.25, 0.3) is 0 Å². The van der Waals surface area contributed by atoms with Crippen molar-refractivity contribution in [2.75, 3.05) is 6.61 Å². The third-order valence-corrected chi connectivity index (χ3v) is 4.33. The highest BCUT2D eigenvalue weighted by atomic mass is 16.6. The highest BCUT2D eigenvalue weighted by Gasteiger charge is 2.22. The van der Waals surface area contributed by atoms with Crippen molar-refractivity contribution < 1.29 is 14.3 Å². The number of nitrogens with zero attached hydrogens (tertiary/aromatic N) is 1. The third kappa shape index (κ3) is 6.47. The van der Waals surface area contributed by atoms with Crippen LogP contribution < -0.4 is 0 Å². The first-order valence-electron chi connectivity index (χ1n) is 9.57. The SMILES string of the molecule is CCOC(C)c1ccc(Cc2ccc(C(C)C(=O)OC(C)(C)C)cc2)cn1. The molecule has 0 saturated heterocycles. The first kappa shape index (κ1) is 21.1. The molecule has 0 N–H and O–H groups in total. The van der Waals surface area contributed by atoms with Gasteiger partial charge in [0.2, 0.25) is 0 Å². The van der Waals surface area contributed by atoms with Gasteiger partial charge in [-0.3, -0.25) is 9.78 Å². The fourth-order valence-corrected chi connectivity index (χ4v) is 2.80. The predicted molar refractivity (Wildman–Crippen MR) is 108 cm³/mol. The third-order valence-electron chi connectivity index (χ3n) is 4.33. The summed E-state index contributed by atoms with van der Waals surface area (Å²) in [5, 5.41) is 0. The maximum absolute atomic E-state index is 12.2. The summed E-state index contributed by atoms with van der Waals surface area (Å²) in [7, 11) is 0. The van der Waals surface area contributed by atoms with Crippen LogP contribution in [0.2, 0.25) is 0 Å². The summed E-state index contributed by atoms with van der Waals surface area (Å²) >= 11 is 0. The van der Waals surface area contributed by atoms with Crippen LogP contribution in [0.4, 0.5) is 0 Å². The Morgan fingerprint density at radius 3 is 2.19 bits per heavy atom. The Labute approximate surface area is 162 Å². The molecule has 0 aliphatic heterocycles. The molecule has 0 saturated carbocycles. The molecule has 0 aliphatic rings. The minimum Gasteiger partial charge on any atom is -0.460 e. The van der Waals surface area contributed by atoms with Crippen LogP contribution in [0.25, 0.3) is 0 Å². The van der Waals surface area contributed by atoms with Gasteiger partial charge in [-0.1, -0.05) is 30.3 Å². The number of hydrogen-bond donors (Lipinski definition) is 0. The van der Waals surface area contributed by atoms with Crippen molar-refractivity contribution >= 4 is 5.97 Å². The number of carbonyl (C=O) groups is 1. The van der Waals surface area contributed by atoms with E-state index in [1.807, 2.05) is 65.9 Å². The first-order valence-corrected chi connectivity index (χ1v) is 9.57. The average Bonchev–Trinajstić information content (AvgIpc) is 2.61. The number of pyridine rings is 1. The quantitative estimate of drug-likeness (QED) is 0.628. The molecule has 0 fully saturated rings. The van der Waals surface area contributed by atoms with E-state index in [2.05, 4.69) is 23.2 Å². The number of benzene rings is 1. The van der Waals surface area contributed by atoms with Crippen LogP contribution >= 0.6 is 0 Å². The van der Waals surface area contributed by atoms with Crippen LogP contribution in [0.1, 0.15) is 75.9 Å². The number of esters is 1. The van der Waals surface area contributed by atoms with Crippen molar-refractivity contribution in [1.29, 1.82) is 0 Å². The number of ether oxygens (including phenoxy) is 2. The first-order chi connectivity index (χ1) is 12.7. The molecule has 1 heterocycles. The Balaban J connectivity index is 2.00. The molecule has 0 aliphatic carbocycles. The number of aromatic nitrogens is 1. The minimum absolute atomic E-state index is 0.0117. The number of hydrogen-bond acceptors (Lipinski definition) is 4. The predicted octanol–water partition coefficient (Wildman–Crippen LogP) is 5.22. The van der Waals surface area contributed by atoms with Gasteiger partial charge in [-0.15, -0.1) is 0 Å². The molecule has 0 bridgehead atoms. The molecule has 0 radical (unpaired) electrons. The zero-order valence-electron chi connectivity index (χ0n) is 17.3. The summed E-state index contributed by atoms with van der Waals surface area (Å²) in [5.41, 5.74) is 3.77. The smallest absolute Gasteiger partial charge is 0.313 e. The second-order valence-electron chi connectivity index (χ2n) is 7.86. The van der Waals surface area contributed by atoms with Crippen LogP contribution in [-0.4, -0.2) is 23.2 Å². The van der Waals surface area contributed by atoms with E-state index in [9.17, 15) is 4.79 Å². The van der Waals surface area contributed by atoms with E-state index in [0.29, 0.717) is 6.61 Å². The van der Waals surface area contributed by atoms with Crippen molar-refractivity contribution in [3.8, 4) is 0 Å². The number of rotatable bonds is 7. The van der Waals surface area contributed by atoms with Gasteiger partial charge in [-0.2, -0.15) is 0 Å². The molecule has 4 nitrogen and oxygen atoms in total. The van der Waals surface area contributed by atoms with E-state index >= 15 is 0 Å². The van der Waals surface area contributed by atoms with Gasteiger partial charge in [0.05, 0.1) is 17.7 Å². The topological polar surface area (TPSA) is 48.4 Å². The Hall–Kier alpha value is -2.20. The Morgan fingerprint density at radius 1 is 1.04 bits per heavy atom. The summed E-state index contributed by atoms with van der Waals surface area (Å²) in [4.78, 5) is 16.7. The van der Waals surface area contributed by atoms with Crippen molar-refractivity contribution in [3.05, 3.63) is 65.0 Å². The highest BCUT2D eigenvalue weighted by Crippen LogP contribution is 2.22. The van der Waals surface area contributed by atoms with Gasteiger partial charge >= 0.3 is 5.97 Å². The highest BCUT2D eigenvalue weighted by molar-refractivity contribution is 5.78. The van der Waals surface area contributed by atoms with Gasteiger partial charge in [0, 0.05) is 12.8 Å². The van der Waals surface area contributed by atoms with Crippen LogP contribution in [-0.2, 0) is 20.7 Å². The Bertz CT molecular complexity index is 730. The molecule has 1 aromatic heterocycles. The van der Waals surface area contributed by atoms with Crippen molar-refractivity contribution in [1.82, 2.24) is 4.98 Å². The monoisotopic (exact) mass is 369 g/mol. The fourth-order valence-electron chi connectivity index (χ4n) is 2.80. The Kier molecular flexibility index (Phi) is 7.14. The van der Waals surface area contributed by atoms with E-state index in [1.165, 1.54) is 5.56 Å². The van der Waals surface area contributed by atoms with Gasteiger partial charge in [-0.05, 0) is 70.7 Å². The molecule has 2 atom stereocenters. The lowest BCUT2D eigenvalue weighted by molar-refractivity contribution is -0.156. The zero-order valence-corrected chi connectivity index (χ0v) is 17.3. The second kappa shape index (κ2) is 9.14. The molecule has 146 valence electrons. The molecule has 2 aromatic rings. The average molecular weight is 370 g/mol. The second-order valence-corrected chi connectivity index (χ2v) is 7.86. The van der Waals surface area contributed by atoms with Crippen molar-refractivity contribution in [2.24, 2.45) is 0 Å². The fraction of sp³-hybridized carbons (Fsp3) is 0.478. The molecule has 0 amide bonds. The van der Waals surface area contributed by atoms with Crippen molar-refractivity contribution in [2.45, 2.75) is 65.6 Å².